The van der Waals surface area contributed by atoms with Crippen molar-refractivity contribution in [2.75, 3.05) is 47.8 Å². The maximum absolute atomic E-state index is 5.98. The fourth-order valence-corrected chi connectivity index (χ4v) is 9.41. The first-order chi connectivity index (χ1) is 32.1. The average molecular weight is 851 g/mol. The van der Waals surface area contributed by atoms with E-state index in [1.54, 1.807) is 21.3 Å². The Hall–Kier alpha value is -7.44. The predicted molar refractivity (Wildman–Crippen MR) is 269 cm³/mol. The van der Waals surface area contributed by atoms with Gasteiger partial charge in [-0.2, -0.15) is 0 Å². The third kappa shape index (κ3) is 8.28. The zero-order chi connectivity index (χ0) is 44.1. The van der Waals surface area contributed by atoms with E-state index in [-0.39, 0.29) is 0 Å². The van der Waals surface area contributed by atoms with E-state index in [2.05, 4.69) is 188 Å². The van der Waals surface area contributed by atoms with Gasteiger partial charge in [-0.3, -0.25) is 0 Å². The zero-order valence-corrected chi connectivity index (χ0v) is 37.0. The molecule has 10 rings (SSSR count). The number of fused-ring (bicyclic) bond motifs is 4. The highest BCUT2D eigenvalue weighted by molar-refractivity contribution is 6.23. The summed E-state index contributed by atoms with van der Waals surface area (Å²) in [5.41, 5.74) is 12.0. The van der Waals surface area contributed by atoms with Gasteiger partial charge in [0, 0.05) is 7.11 Å². The Balaban J connectivity index is 0.960. The van der Waals surface area contributed by atoms with E-state index in [0.29, 0.717) is 26.4 Å². The van der Waals surface area contributed by atoms with E-state index in [1.807, 2.05) is 0 Å². The minimum absolute atomic E-state index is 0.488. The predicted octanol–water partition coefficient (Wildman–Crippen LogP) is 14.6. The van der Waals surface area contributed by atoms with Gasteiger partial charge in [-0.05, 0) is 142 Å². The molecule has 0 unspecified atom stereocenters. The molecule has 0 heterocycles. The summed E-state index contributed by atoms with van der Waals surface area (Å²) in [5.74, 6) is 2.48. The molecule has 0 bridgehead atoms. The molecule has 0 amide bonds. The molecular formula is C60H50O5. The number of hydrogen-bond acceptors (Lipinski definition) is 5. The molecule has 5 heteroatoms. The number of hydrogen-bond donors (Lipinski definition) is 0. The van der Waals surface area contributed by atoms with Crippen LogP contribution in [0.25, 0.3) is 87.6 Å². The van der Waals surface area contributed by atoms with Crippen LogP contribution >= 0.6 is 0 Å². The largest absolute Gasteiger partial charge is 0.497 e. The zero-order valence-electron chi connectivity index (χ0n) is 37.0. The van der Waals surface area contributed by atoms with Crippen molar-refractivity contribution in [1.82, 2.24) is 0 Å². The summed E-state index contributed by atoms with van der Waals surface area (Å²) in [5, 5.41) is 9.54. The Morgan fingerprint density at radius 1 is 0.308 bits per heavy atom. The van der Waals surface area contributed by atoms with Crippen molar-refractivity contribution in [3.05, 3.63) is 199 Å². The van der Waals surface area contributed by atoms with Crippen LogP contribution in [0.2, 0.25) is 0 Å². The van der Waals surface area contributed by atoms with E-state index in [4.69, 9.17) is 23.7 Å². The molecule has 0 aliphatic carbocycles. The van der Waals surface area contributed by atoms with Gasteiger partial charge in [0.25, 0.3) is 0 Å². The van der Waals surface area contributed by atoms with Crippen molar-refractivity contribution >= 4 is 43.1 Å². The fourth-order valence-electron chi connectivity index (χ4n) is 9.41. The monoisotopic (exact) mass is 850 g/mol. The minimum atomic E-state index is 0.488. The summed E-state index contributed by atoms with van der Waals surface area (Å²) in [4.78, 5) is 0. The average Bonchev–Trinajstić information content (AvgIpc) is 3.36. The highest BCUT2D eigenvalue weighted by Gasteiger charge is 2.20. The summed E-state index contributed by atoms with van der Waals surface area (Å²) >= 11 is 0. The normalized spacial score (nSPS) is 11.4. The van der Waals surface area contributed by atoms with E-state index in [9.17, 15) is 0 Å². The van der Waals surface area contributed by atoms with Gasteiger partial charge in [-0.25, -0.2) is 0 Å². The SMILES string of the molecule is COCCOCCOc1ccc(-c2c3ccccc3c(-c3ccc(Cc4ccc(-c5c6ccc(OC)cc6c(-c6ccccc6)c6ccc(OC)cc56)cc4)cc3)c3ccccc23)cc1. The lowest BCUT2D eigenvalue weighted by atomic mass is 9.85. The van der Waals surface area contributed by atoms with E-state index in [0.717, 1.165) is 51.1 Å². The molecule has 0 saturated carbocycles. The summed E-state index contributed by atoms with van der Waals surface area (Å²) in [6, 6.07) is 67.7. The van der Waals surface area contributed by atoms with Gasteiger partial charge in [-0.1, -0.05) is 152 Å². The van der Waals surface area contributed by atoms with Gasteiger partial charge in [0.1, 0.15) is 23.9 Å². The number of rotatable bonds is 15. The highest BCUT2D eigenvalue weighted by atomic mass is 16.5. The van der Waals surface area contributed by atoms with Crippen LogP contribution < -0.4 is 14.2 Å². The molecule has 0 fully saturated rings. The molecule has 0 aromatic heterocycles. The molecule has 320 valence electrons. The first-order valence-corrected chi connectivity index (χ1v) is 22.2. The number of ether oxygens (including phenoxy) is 5. The fraction of sp³-hybridized carbons (Fsp3) is 0.133. The Labute approximate surface area is 380 Å². The Kier molecular flexibility index (Phi) is 12.0. The second-order valence-electron chi connectivity index (χ2n) is 16.3. The molecule has 0 N–H and O–H groups in total. The molecular weight excluding hydrogens is 801 g/mol. The van der Waals surface area contributed by atoms with Crippen LogP contribution in [0.4, 0.5) is 0 Å². The lowest BCUT2D eigenvalue weighted by Crippen LogP contribution is -2.09. The molecule has 10 aromatic carbocycles. The third-order valence-electron chi connectivity index (χ3n) is 12.5. The Morgan fingerprint density at radius 2 is 0.677 bits per heavy atom. The molecule has 0 spiro atoms. The van der Waals surface area contributed by atoms with Gasteiger partial charge < -0.3 is 23.7 Å². The Bertz CT molecular complexity index is 3210. The summed E-state index contributed by atoms with van der Waals surface area (Å²) in [7, 11) is 5.13. The first kappa shape index (κ1) is 41.6. The summed E-state index contributed by atoms with van der Waals surface area (Å²) in [6.45, 7) is 2.14. The lowest BCUT2D eigenvalue weighted by Gasteiger charge is -2.19. The van der Waals surface area contributed by atoms with Gasteiger partial charge in [-0.15, -0.1) is 0 Å². The van der Waals surface area contributed by atoms with Crippen LogP contribution in [0, 0.1) is 0 Å². The van der Waals surface area contributed by atoms with Crippen LogP contribution in [0.1, 0.15) is 11.1 Å². The van der Waals surface area contributed by atoms with Crippen molar-refractivity contribution in [3.63, 3.8) is 0 Å². The Morgan fingerprint density at radius 3 is 1.12 bits per heavy atom. The van der Waals surface area contributed by atoms with Crippen molar-refractivity contribution in [1.29, 1.82) is 0 Å². The molecule has 0 radical (unpaired) electrons. The van der Waals surface area contributed by atoms with Crippen LogP contribution in [-0.4, -0.2) is 47.8 Å². The lowest BCUT2D eigenvalue weighted by molar-refractivity contribution is 0.0544. The smallest absolute Gasteiger partial charge is 0.119 e. The van der Waals surface area contributed by atoms with Crippen molar-refractivity contribution in [2.24, 2.45) is 0 Å². The molecule has 0 aliphatic heterocycles. The van der Waals surface area contributed by atoms with Gasteiger partial charge in [0.15, 0.2) is 0 Å². The van der Waals surface area contributed by atoms with Gasteiger partial charge in [0.2, 0.25) is 0 Å². The molecule has 0 saturated heterocycles. The molecule has 0 aliphatic rings. The molecule has 0 atom stereocenters. The molecule has 5 nitrogen and oxygen atoms in total. The van der Waals surface area contributed by atoms with Crippen molar-refractivity contribution in [2.45, 2.75) is 6.42 Å². The summed E-state index contributed by atoms with van der Waals surface area (Å²) in [6.07, 6.45) is 0.820. The molecule has 65 heavy (non-hydrogen) atoms. The number of methoxy groups -OCH3 is 3. The second kappa shape index (κ2) is 18.7. The second-order valence-corrected chi connectivity index (χ2v) is 16.3. The van der Waals surface area contributed by atoms with E-state index >= 15 is 0 Å². The van der Waals surface area contributed by atoms with Crippen LogP contribution in [0.3, 0.4) is 0 Å². The van der Waals surface area contributed by atoms with Crippen molar-refractivity contribution < 1.29 is 23.7 Å². The molecule has 10 aromatic rings. The van der Waals surface area contributed by atoms with Gasteiger partial charge >= 0.3 is 0 Å². The van der Waals surface area contributed by atoms with Gasteiger partial charge in [0.05, 0.1) is 34.0 Å². The van der Waals surface area contributed by atoms with E-state index < -0.39 is 0 Å². The maximum atomic E-state index is 5.98. The maximum Gasteiger partial charge on any atom is 0.119 e. The first-order valence-electron chi connectivity index (χ1n) is 22.2. The van der Waals surface area contributed by atoms with E-state index in [1.165, 1.54) is 71.3 Å². The summed E-state index contributed by atoms with van der Waals surface area (Å²) < 4.78 is 28.2. The van der Waals surface area contributed by atoms with Crippen molar-refractivity contribution in [3.8, 4) is 61.8 Å². The number of benzene rings is 10. The van der Waals surface area contributed by atoms with Crippen LogP contribution in [0.15, 0.2) is 188 Å². The quantitative estimate of drug-likeness (QED) is 0.0759. The highest BCUT2D eigenvalue weighted by Crippen LogP contribution is 2.47. The minimum Gasteiger partial charge on any atom is -0.497 e. The third-order valence-corrected chi connectivity index (χ3v) is 12.5. The topological polar surface area (TPSA) is 46.2 Å². The standard InChI is InChI=1S/C60H50O5/c1-61-33-34-64-35-36-65-46-27-25-45(26-28-46)58-51-15-9-7-13-49(51)57(50-14-8-10-16-52(50)58)43-21-17-40(18-22-43)37-41-19-23-44(24-20-41)60-54-32-30-47(62-2)38-55(54)59(42-11-5-4-6-12-42)53-31-29-48(63-3)39-56(53)60/h4-32,38-39H,33-37H2,1-3H3. The van der Waals surface area contributed by atoms with Crippen LogP contribution in [0.5, 0.6) is 17.2 Å². The van der Waals surface area contributed by atoms with Crippen LogP contribution in [-0.2, 0) is 15.9 Å².